The number of aliphatic hydroxyl groups is 1. The van der Waals surface area contributed by atoms with Gasteiger partial charge in [-0.3, -0.25) is 0 Å². The molecule has 10 heavy (non-hydrogen) atoms. The molecule has 0 aromatic carbocycles. The number of rotatable bonds is 2. The summed E-state index contributed by atoms with van der Waals surface area (Å²) in [5.74, 6) is 0.356. The molecule has 1 nitrogen and oxygen atoms in total. The van der Waals surface area contributed by atoms with Gasteiger partial charge in [0.1, 0.15) is 0 Å². The Labute approximate surface area is 62.1 Å². The van der Waals surface area contributed by atoms with Gasteiger partial charge in [0.25, 0.3) is 0 Å². The molecule has 56 valence electrons. The van der Waals surface area contributed by atoms with E-state index in [-0.39, 0.29) is 6.10 Å². The molecule has 0 aliphatic heterocycles. The Morgan fingerprint density at radius 1 is 1.60 bits per heavy atom. The molecule has 0 heterocycles. The molecule has 0 saturated carbocycles. The van der Waals surface area contributed by atoms with Crippen LogP contribution in [0.4, 0.5) is 0 Å². The standard InChI is InChI=1S/C9H14O/c1-2-9(10)8-6-4-3-5-7-8/h3-6,8-10H,2,7H2,1H3/t8-,9+/m0/s1. The second-order valence-electron chi connectivity index (χ2n) is 2.69. The van der Waals surface area contributed by atoms with E-state index in [1.807, 2.05) is 19.1 Å². The van der Waals surface area contributed by atoms with Crippen LogP contribution < -0.4 is 0 Å². The molecule has 1 aliphatic rings. The average molecular weight is 138 g/mol. The monoisotopic (exact) mass is 138 g/mol. The third kappa shape index (κ3) is 1.71. The fourth-order valence-electron chi connectivity index (χ4n) is 1.19. The van der Waals surface area contributed by atoms with Gasteiger partial charge < -0.3 is 5.11 Å². The van der Waals surface area contributed by atoms with Crippen molar-refractivity contribution in [1.82, 2.24) is 0 Å². The summed E-state index contributed by atoms with van der Waals surface area (Å²) in [6, 6.07) is 0. The zero-order valence-electron chi connectivity index (χ0n) is 6.33. The second-order valence-corrected chi connectivity index (χ2v) is 2.69. The minimum atomic E-state index is -0.152. The van der Waals surface area contributed by atoms with Crippen LogP contribution in [-0.2, 0) is 0 Å². The second kappa shape index (κ2) is 3.57. The first-order valence-electron chi connectivity index (χ1n) is 3.86. The molecule has 0 amide bonds. The first kappa shape index (κ1) is 7.55. The van der Waals surface area contributed by atoms with E-state index in [9.17, 15) is 5.11 Å². The van der Waals surface area contributed by atoms with Crippen LogP contribution >= 0.6 is 0 Å². The molecule has 0 unspecified atom stereocenters. The summed E-state index contributed by atoms with van der Waals surface area (Å²) in [5.41, 5.74) is 0. The first-order chi connectivity index (χ1) is 4.84. The molecule has 0 bridgehead atoms. The zero-order valence-corrected chi connectivity index (χ0v) is 6.33. The van der Waals surface area contributed by atoms with E-state index in [4.69, 9.17) is 0 Å². The van der Waals surface area contributed by atoms with E-state index in [1.165, 1.54) is 0 Å². The largest absolute Gasteiger partial charge is 0.393 e. The molecule has 1 heteroatoms. The SMILES string of the molecule is CC[C@@H](O)[C@H]1C=CC=CC1. The van der Waals surface area contributed by atoms with Crippen LogP contribution in [0.5, 0.6) is 0 Å². The van der Waals surface area contributed by atoms with Gasteiger partial charge in [0.2, 0.25) is 0 Å². The molecule has 0 fully saturated rings. The maximum atomic E-state index is 9.40. The topological polar surface area (TPSA) is 20.2 Å². The molecule has 1 aliphatic carbocycles. The molecule has 0 aromatic heterocycles. The lowest BCUT2D eigenvalue weighted by atomic mass is 9.93. The molecule has 0 saturated heterocycles. The van der Waals surface area contributed by atoms with Crippen molar-refractivity contribution in [3.05, 3.63) is 24.3 Å². The molecular formula is C9H14O. The van der Waals surface area contributed by atoms with Crippen LogP contribution in [0.3, 0.4) is 0 Å². The van der Waals surface area contributed by atoms with Crippen LogP contribution in [0.25, 0.3) is 0 Å². The number of allylic oxidation sites excluding steroid dienone is 3. The summed E-state index contributed by atoms with van der Waals surface area (Å²) in [6.07, 6.45) is 9.90. The highest BCUT2D eigenvalue weighted by atomic mass is 16.3. The highest BCUT2D eigenvalue weighted by molar-refractivity contribution is 5.11. The highest BCUT2D eigenvalue weighted by Gasteiger charge is 2.13. The van der Waals surface area contributed by atoms with Crippen molar-refractivity contribution in [3.8, 4) is 0 Å². The Balaban J connectivity index is 2.42. The van der Waals surface area contributed by atoms with Crippen molar-refractivity contribution in [2.75, 3.05) is 0 Å². The summed E-state index contributed by atoms with van der Waals surface area (Å²) in [5, 5.41) is 9.40. The third-order valence-electron chi connectivity index (χ3n) is 1.93. The van der Waals surface area contributed by atoms with Crippen molar-refractivity contribution in [3.63, 3.8) is 0 Å². The summed E-state index contributed by atoms with van der Waals surface area (Å²) >= 11 is 0. The van der Waals surface area contributed by atoms with E-state index in [1.54, 1.807) is 0 Å². The third-order valence-corrected chi connectivity index (χ3v) is 1.93. The van der Waals surface area contributed by atoms with E-state index in [0.29, 0.717) is 5.92 Å². The summed E-state index contributed by atoms with van der Waals surface area (Å²) in [7, 11) is 0. The molecular weight excluding hydrogens is 124 g/mol. The van der Waals surface area contributed by atoms with Crippen molar-refractivity contribution in [2.45, 2.75) is 25.9 Å². The normalized spacial score (nSPS) is 26.8. The van der Waals surface area contributed by atoms with Gasteiger partial charge in [-0.2, -0.15) is 0 Å². The van der Waals surface area contributed by atoms with Gasteiger partial charge in [0, 0.05) is 5.92 Å². The summed E-state index contributed by atoms with van der Waals surface area (Å²) < 4.78 is 0. The van der Waals surface area contributed by atoms with E-state index >= 15 is 0 Å². The number of aliphatic hydroxyl groups excluding tert-OH is 1. The number of hydrogen-bond acceptors (Lipinski definition) is 1. The first-order valence-corrected chi connectivity index (χ1v) is 3.86. The quantitative estimate of drug-likeness (QED) is 0.617. The minimum Gasteiger partial charge on any atom is -0.393 e. The smallest absolute Gasteiger partial charge is 0.0603 e. The predicted octanol–water partition coefficient (Wildman–Crippen LogP) is 1.89. The molecule has 0 aromatic rings. The maximum Gasteiger partial charge on any atom is 0.0603 e. The Hall–Kier alpha value is -0.560. The highest BCUT2D eigenvalue weighted by Crippen LogP contribution is 2.17. The molecule has 0 radical (unpaired) electrons. The van der Waals surface area contributed by atoms with Crippen molar-refractivity contribution >= 4 is 0 Å². The van der Waals surface area contributed by atoms with Crippen LogP contribution in [0, 0.1) is 5.92 Å². The molecule has 1 N–H and O–H groups in total. The minimum absolute atomic E-state index is 0.152. The summed E-state index contributed by atoms with van der Waals surface area (Å²) in [4.78, 5) is 0. The van der Waals surface area contributed by atoms with Crippen LogP contribution in [0.15, 0.2) is 24.3 Å². The lowest BCUT2D eigenvalue weighted by molar-refractivity contribution is 0.126. The van der Waals surface area contributed by atoms with E-state index in [0.717, 1.165) is 12.8 Å². The van der Waals surface area contributed by atoms with Gasteiger partial charge in [-0.05, 0) is 12.8 Å². The molecule has 2 atom stereocenters. The lowest BCUT2D eigenvalue weighted by Gasteiger charge is -2.17. The van der Waals surface area contributed by atoms with Crippen LogP contribution in [0.1, 0.15) is 19.8 Å². The number of hydrogen-bond donors (Lipinski definition) is 1. The van der Waals surface area contributed by atoms with Crippen LogP contribution in [-0.4, -0.2) is 11.2 Å². The lowest BCUT2D eigenvalue weighted by Crippen LogP contribution is -2.17. The van der Waals surface area contributed by atoms with Gasteiger partial charge in [0.15, 0.2) is 0 Å². The Morgan fingerprint density at radius 3 is 2.90 bits per heavy atom. The predicted molar refractivity (Wildman–Crippen MR) is 42.7 cm³/mol. The average Bonchev–Trinajstić information content (AvgIpc) is 2.05. The van der Waals surface area contributed by atoms with Gasteiger partial charge in [-0.15, -0.1) is 0 Å². The Kier molecular flexibility index (Phi) is 2.69. The van der Waals surface area contributed by atoms with E-state index in [2.05, 4.69) is 12.2 Å². The van der Waals surface area contributed by atoms with Gasteiger partial charge in [-0.25, -0.2) is 0 Å². The van der Waals surface area contributed by atoms with Crippen LogP contribution in [0.2, 0.25) is 0 Å². The Morgan fingerprint density at radius 2 is 2.40 bits per heavy atom. The van der Waals surface area contributed by atoms with Gasteiger partial charge in [-0.1, -0.05) is 31.2 Å². The van der Waals surface area contributed by atoms with Gasteiger partial charge in [0.05, 0.1) is 6.10 Å². The molecule has 1 rings (SSSR count). The molecule has 0 spiro atoms. The van der Waals surface area contributed by atoms with Gasteiger partial charge >= 0.3 is 0 Å². The van der Waals surface area contributed by atoms with Crippen molar-refractivity contribution in [1.29, 1.82) is 0 Å². The fraction of sp³-hybridized carbons (Fsp3) is 0.556. The van der Waals surface area contributed by atoms with E-state index < -0.39 is 0 Å². The summed E-state index contributed by atoms with van der Waals surface area (Å²) in [6.45, 7) is 2.01. The zero-order chi connectivity index (χ0) is 7.40. The van der Waals surface area contributed by atoms with Crippen molar-refractivity contribution in [2.24, 2.45) is 5.92 Å². The maximum absolute atomic E-state index is 9.40. The Bertz CT molecular complexity index is 147. The fourth-order valence-corrected chi connectivity index (χ4v) is 1.19. The van der Waals surface area contributed by atoms with Crippen molar-refractivity contribution < 1.29 is 5.11 Å².